The van der Waals surface area contributed by atoms with E-state index in [-0.39, 0.29) is 6.54 Å². The first-order valence-electron chi connectivity index (χ1n) is 4.27. The van der Waals surface area contributed by atoms with Gasteiger partial charge in [0, 0.05) is 16.5 Å². The normalized spacial score (nSPS) is 12.1. The molecule has 0 saturated heterocycles. The Balaban J connectivity index is 2.32. The summed E-state index contributed by atoms with van der Waals surface area (Å²) in [4.78, 5) is 0. The summed E-state index contributed by atoms with van der Waals surface area (Å²) in [6.07, 6.45) is 0. The van der Waals surface area contributed by atoms with Gasteiger partial charge in [-0.3, -0.25) is 0 Å². The Kier molecular flexibility index (Phi) is 2.85. The number of aromatic nitrogens is 1. The van der Waals surface area contributed by atoms with Gasteiger partial charge in [0.05, 0.1) is 6.54 Å². The molecule has 0 aliphatic carbocycles. The number of rotatable bonds is 3. The predicted molar refractivity (Wildman–Crippen MR) is 59.0 cm³/mol. The molecule has 1 aromatic heterocycles. The summed E-state index contributed by atoms with van der Waals surface area (Å²) in [7, 11) is -3.73. The Bertz CT molecular complexity index is 622. The standard InChI is InChI=1S/C8H8ClN3O3S/c9-5-1-2-6-7(4-11-16(10,13)14)12-15-8(6)3-5/h1-3,11H,4H2,(H2,10,13,14). The molecule has 0 fully saturated rings. The van der Waals surface area contributed by atoms with Crippen LogP contribution in [0, 0.1) is 0 Å². The van der Waals surface area contributed by atoms with Crippen molar-refractivity contribution in [1.82, 2.24) is 9.88 Å². The van der Waals surface area contributed by atoms with Gasteiger partial charge in [0.15, 0.2) is 5.58 Å². The van der Waals surface area contributed by atoms with Gasteiger partial charge in [0.2, 0.25) is 0 Å². The Morgan fingerprint density at radius 1 is 1.50 bits per heavy atom. The molecular formula is C8H8ClN3O3S. The van der Waals surface area contributed by atoms with E-state index in [1.165, 1.54) is 0 Å². The second-order valence-corrected chi connectivity index (χ2v) is 4.95. The quantitative estimate of drug-likeness (QED) is 0.853. The number of benzene rings is 1. The molecule has 8 heteroatoms. The molecule has 3 N–H and O–H groups in total. The van der Waals surface area contributed by atoms with Crippen LogP contribution in [0.1, 0.15) is 5.69 Å². The number of hydrogen-bond donors (Lipinski definition) is 2. The largest absolute Gasteiger partial charge is 0.356 e. The summed E-state index contributed by atoms with van der Waals surface area (Å²) >= 11 is 5.76. The van der Waals surface area contributed by atoms with Crippen molar-refractivity contribution in [2.75, 3.05) is 0 Å². The number of hydrogen-bond acceptors (Lipinski definition) is 4. The zero-order chi connectivity index (χ0) is 11.8. The molecule has 0 bridgehead atoms. The van der Waals surface area contributed by atoms with E-state index in [1.54, 1.807) is 18.2 Å². The molecule has 0 radical (unpaired) electrons. The summed E-state index contributed by atoms with van der Waals surface area (Å²) in [5.41, 5.74) is 0.958. The highest BCUT2D eigenvalue weighted by atomic mass is 35.5. The molecule has 0 saturated carbocycles. The minimum absolute atomic E-state index is 0.0204. The molecule has 0 amide bonds. The Morgan fingerprint density at radius 2 is 2.25 bits per heavy atom. The molecule has 1 aromatic carbocycles. The molecule has 2 aromatic rings. The third-order valence-electron chi connectivity index (χ3n) is 1.95. The number of nitrogens with two attached hydrogens (primary N) is 1. The van der Waals surface area contributed by atoms with Crippen LogP contribution in [0.4, 0.5) is 0 Å². The molecule has 0 aliphatic rings. The number of halogens is 1. The van der Waals surface area contributed by atoms with Crippen molar-refractivity contribution in [2.45, 2.75) is 6.54 Å². The summed E-state index contributed by atoms with van der Waals surface area (Å²) in [6.45, 7) is -0.0204. The van der Waals surface area contributed by atoms with Gasteiger partial charge >= 0.3 is 0 Å². The maximum Gasteiger partial charge on any atom is 0.274 e. The first kappa shape index (κ1) is 11.3. The zero-order valence-electron chi connectivity index (χ0n) is 7.97. The second kappa shape index (κ2) is 4.02. The van der Waals surface area contributed by atoms with E-state index in [9.17, 15) is 8.42 Å². The minimum Gasteiger partial charge on any atom is -0.356 e. The molecule has 0 spiro atoms. The van der Waals surface area contributed by atoms with Crippen molar-refractivity contribution in [3.8, 4) is 0 Å². The highest BCUT2D eigenvalue weighted by Gasteiger charge is 2.10. The van der Waals surface area contributed by atoms with E-state index in [2.05, 4.69) is 9.88 Å². The maximum atomic E-state index is 10.7. The van der Waals surface area contributed by atoms with Gasteiger partial charge in [-0.1, -0.05) is 16.8 Å². The molecule has 1 heterocycles. The van der Waals surface area contributed by atoms with Crippen molar-refractivity contribution in [3.63, 3.8) is 0 Å². The topological polar surface area (TPSA) is 98.2 Å². The zero-order valence-corrected chi connectivity index (χ0v) is 9.55. The lowest BCUT2D eigenvalue weighted by molar-refractivity contribution is 0.445. The monoisotopic (exact) mass is 261 g/mol. The molecule has 86 valence electrons. The van der Waals surface area contributed by atoms with Crippen LogP contribution >= 0.6 is 11.6 Å². The fraction of sp³-hybridized carbons (Fsp3) is 0.125. The van der Waals surface area contributed by atoms with Gasteiger partial charge in [0.1, 0.15) is 5.69 Å². The summed E-state index contributed by atoms with van der Waals surface area (Å²) in [5, 5.41) is 9.74. The van der Waals surface area contributed by atoms with E-state index in [0.29, 0.717) is 21.7 Å². The van der Waals surface area contributed by atoms with Gasteiger partial charge in [-0.25, -0.2) is 5.14 Å². The van der Waals surface area contributed by atoms with Gasteiger partial charge in [0.25, 0.3) is 10.2 Å². The number of fused-ring (bicyclic) bond motifs is 1. The number of nitrogens with one attached hydrogen (secondary N) is 1. The average molecular weight is 262 g/mol. The second-order valence-electron chi connectivity index (χ2n) is 3.14. The molecular weight excluding hydrogens is 254 g/mol. The van der Waals surface area contributed by atoms with Crippen LogP contribution in [0.5, 0.6) is 0 Å². The van der Waals surface area contributed by atoms with Crippen LogP contribution in [0.3, 0.4) is 0 Å². The van der Waals surface area contributed by atoms with Gasteiger partial charge in [-0.15, -0.1) is 0 Å². The highest BCUT2D eigenvalue weighted by Crippen LogP contribution is 2.22. The highest BCUT2D eigenvalue weighted by molar-refractivity contribution is 7.87. The first-order chi connectivity index (χ1) is 7.46. The van der Waals surface area contributed by atoms with Crippen molar-refractivity contribution in [1.29, 1.82) is 0 Å². The van der Waals surface area contributed by atoms with Crippen LogP contribution in [0.2, 0.25) is 5.02 Å². The van der Waals surface area contributed by atoms with Crippen molar-refractivity contribution >= 4 is 32.8 Å². The van der Waals surface area contributed by atoms with E-state index in [1.807, 2.05) is 0 Å². The Hall–Kier alpha value is -1.15. The third-order valence-corrected chi connectivity index (χ3v) is 2.73. The van der Waals surface area contributed by atoms with Crippen molar-refractivity contribution in [2.24, 2.45) is 5.14 Å². The van der Waals surface area contributed by atoms with E-state index >= 15 is 0 Å². The average Bonchev–Trinajstić information content (AvgIpc) is 2.56. The molecule has 2 rings (SSSR count). The Morgan fingerprint density at radius 3 is 2.94 bits per heavy atom. The van der Waals surface area contributed by atoms with Crippen LogP contribution in [0.15, 0.2) is 22.7 Å². The van der Waals surface area contributed by atoms with Crippen LogP contribution in [-0.4, -0.2) is 13.6 Å². The van der Waals surface area contributed by atoms with Gasteiger partial charge in [-0.05, 0) is 12.1 Å². The van der Waals surface area contributed by atoms with Crippen LogP contribution < -0.4 is 9.86 Å². The van der Waals surface area contributed by atoms with Gasteiger partial charge in [-0.2, -0.15) is 13.1 Å². The third kappa shape index (κ3) is 2.50. The van der Waals surface area contributed by atoms with Gasteiger partial charge < -0.3 is 4.52 Å². The molecule has 16 heavy (non-hydrogen) atoms. The molecule has 0 aliphatic heterocycles. The fourth-order valence-corrected chi connectivity index (χ4v) is 1.76. The first-order valence-corrected chi connectivity index (χ1v) is 6.19. The maximum absolute atomic E-state index is 10.7. The fourth-order valence-electron chi connectivity index (χ4n) is 1.26. The lowest BCUT2D eigenvalue weighted by Crippen LogP contribution is -2.30. The molecule has 0 atom stereocenters. The van der Waals surface area contributed by atoms with Crippen LogP contribution in [-0.2, 0) is 16.8 Å². The van der Waals surface area contributed by atoms with E-state index < -0.39 is 10.2 Å². The lowest BCUT2D eigenvalue weighted by Gasteiger charge is -1.97. The lowest BCUT2D eigenvalue weighted by atomic mass is 10.2. The predicted octanol–water partition coefficient (Wildman–Crippen LogP) is 0.774. The SMILES string of the molecule is NS(=O)(=O)NCc1noc2cc(Cl)ccc12. The summed E-state index contributed by atoms with van der Waals surface area (Å²) in [6, 6.07) is 4.97. The summed E-state index contributed by atoms with van der Waals surface area (Å²) < 4.78 is 28.5. The number of nitrogens with zero attached hydrogens (tertiary/aromatic N) is 1. The molecule has 0 unspecified atom stereocenters. The smallest absolute Gasteiger partial charge is 0.274 e. The minimum atomic E-state index is -3.73. The van der Waals surface area contributed by atoms with E-state index in [4.69, 9.17) is 21.3 Å². The van der Waals surface area contributed by atoms with E-state index in [0.717, 1.165) is 0 Å². The molecule has 6 nitrogen and oxygen atoms in total. The van der Waals surface area contributed by atoms with Crippen molar-refractivity contribution in [3.05, 3.63) is 28.9 Å². The Labute approximate surface area is 96.5 Å². The van der Waals surface area contributed by atoms with Crippen molar-refractivity contribution < 1.29 is 12.9 Å². The summed E-state index contributed by atoms with van der Waals surface area (Å²) in [5.74, 6) is 0. The van der Waals surface area contributed by atoms with Crippen LogP contribution in [0.25, 0.3) is 11.0 Å².